The zero-order valence-corrected chi connectivity index (χ0v) is 12.6. The van der Waals surface area contributed by atoms with Crippen molar-refractivity contribution in [1.82, 2.24) is 0 Å². The monoisotopic (exact) mass is 272 g/mol. The van der Waals surface area contributed by atoms with Gasteiger partial charge in [-0.1, -0.05) is 81.7 Å². The average molecular weight is 272 g/mol. The Kier molecular flexibility index (Phi) is 4.45. The number of rotatable bonds is 1. The minimum absolute atomic E-state index is 0.518. The SMILES string of the molecule is O[C@]1(c2ccccc2)CCCCCCCCC[C@@H]2C[C@@H]21. The molecule has 3 rings (SSSR count). The van der Waals surface area contributed by atoms with E-state index in [4.69, 9.17) is 0 Å². The molecule has 0 radical (unpaired) electrons. The van der Waals surface area contributed by atoms with E-state index in [2.05, 4.69) is 24.3 Å². The van der Waals surface area contributed by atoms with Gasteiger partial charge in [0.15, 0.2) is 0 Å². The molecule has 0 spiro atoms. The van der Waals surface area contributed by atoms with E-state index in [0.717, 1.165) is 17.9 Å². The van der Waals surface area contributed by atoms with Crippen molar-refractivity contribution in [1.29, 1.82) is 0 Å². The normalized spacial score (nSPS) is 35.5. The van der Waals surface area contributed by atoms with Gasteiger partial charge in [0.25, 0.3) is 0 Å². The maximum atomic E-state index is 11.3. The Balaban J connectivity index is 1.75. The summed E-state index contributed by atoms with van der Waals surface area (Å²) in [6.07, 6.45) is 12.9. The van der Waals surface area contributed by atoms with Crippen LogP contribution in [0, 0.1) is 11.8 Å². The molecule has 1 aromatic rings. The van der Waals surface area contributed by atoms with Crippen molar-refractivity contribution < 1.29 is 5.11 Å². The number of fused-ring (bicyclic) bond motifs is 1. The number of aliphatic hydroxyl groups is 1. The van der Waals surface area contributed by atoms with Crippen molar-refractivity contribution in [3.05, 3.63) is 35.9 Å². The summed E-state index contributed by atoms with van der Waals surface area (Å²) in [5.41, 5.74) is 0.607. The predicted molar refractivity (Wildman–Crippen MR) is 83.5 cm³/mol. The lowest BCUT2D eigenvalue weighted by molar-refractivity contribution is -0.00431. The summed E-state index contributed by atoms with van der Waals surface area (Å²) in [6.45, 7) is 0. The Morgan fingerprint density at radius 1 is 0.850 bits per heavy atom. The largest absolute Gasteiger partial charge is 0.385 e. The van der Waals surface area contributed by atoms with Crippen LogP contribution in [0.2, 0.25) is 0 Å². The molecular weight excluding hydrogens is 244 g/mol. The molecule has 1 N–H and O–H groups in total. The van der Waals surface area contributed by atoms with Gasteiger partial charge in [-0.25, -0.2) is 0 Å². The molecule has 0 amide bonds. The van der Waals surface area contributed by atoms with Gasteiger partial charge in [-0.2, -0.15) is 0 Å². The lowest BCUT2D eigenvalue weighted by atomic mass is 9.82. The van der Waals surface area contributed by atoms with Gasteiger partial charge in [-0.15, -0.1) is 0 Å². The molecule has 0 aliphatic heterocycles. The van der Waals surface area contributed by atoms with Crippen LogP contribution in [0.15, 0.2) is 30.3 Å². The molecule has 1 nitrogen and oxygen atoms in total. The van der Waals surface area contributed by atoms with Gasteiger partial charge in [0.1, 0.15) is 0 Å². The molecule has 0 unspecified atom stereocenters. The molecule has 1 aromatic carbocycles. The summed E-state index contributed by atoms with van der Waals surface area (Å²) in [5.74, 6) is 1.30. The fourth-order valence-corrected chi connectivity index (χ4v) is 4.11. The summed E-state index contributed by atoms with van der Waals surface area (Å²) < 4.78 is 0. The summed E-state index contributed by atoms with van der Waals surface area (Å²) in [5, 5.41) is 11.3. The molecule has 3 atom stereocenters. The Labute approximate surface area is 123 Å². The first-order chi connectivity index (χ1) is 9.81. The molecular formula is C19H28O. The Bertz CT molecular complexity index is 413. The quantitative estimate of drug-likeness (QED) is 0.759. The first-order valence-electron chi connectivity index (χ1n) is 8.58. The summed E-state index contributed by atoms with van der Waals surface area (Å²) in [4.78, 5) is 0. The van der Waals surface area contributed by atoms with E-state index < -0.39 is 5.60 Å². The van der Waals surface area contributed by atoms with E-state index in [1.807, 2.05) is 6.07 Å². The number of hydrogen-bond donors (Lipinski definition) is 1. The van der Waals surface area contributed by atoms with Crippen molar-refractivity contribution in [2.45, 2.75) is 69.8 Å². The van der Waals surface area contributed by atoms with Gasteiger partial charge in [0.05, 0.1) is 5.60 Å². The standard InChI is InChI=1S/C19H28O/c20-19(17-12-8-6-9-13-17)14-10-5-3-1-2-4-7-11-16-15-18(16)19/h6,8-9,12-13,16,18,20H,1-5,7,10-11,14-15H2/t16-,18+,19+/m1/s1. The van der Waals surface area contributed by atoms with Gasteiger partial charge in [0.2, 0.25) is 0 Å². The first-order valence-corrected chi connectivity index (χ1v) is 8.58. The van der Waals surface area contributed by atoms with E-state index in [9.17, 15) is 5.11 Å². The molecule has 2 saturated carbocycles. The second kappa shape index (κ2) is 6.30. The molecule has 2 aliphatic rings. The smallest absolute Gasteiger partial charge is 0.0927 e. The highest BCUT2D eigenvalue weighted by atomic mass is 16.3. The third-order valence-electron chi connectivity index (χ3n) is 5.44. The van der Waals surface area contributed by atoms with Gasteiger partial charge < -0.3 is 5.11 Å². The zero-order chi connectivity index (χ0) is 13.8. The van der Waals surface area contributed by atoms with Crippen LogP contribution in [-0.4, -0.2) is 5.11 Å². The highest BCUT2D eigenvalue weighted by molar-refractivity contribution is 5.25. The lowest BCUT2D eigenvalue weighted by Gasteiger charge is -2.30. The van der Waals surface area contributed by atoms with Gasteiger partial charge >= 0.3 is 0 Å². The Morgan fingerprint density at radius 3 is 2.25 bits per heavy atom. The van der Waals surface area contributed by atoms with Crippen molar-refractivity contribution in [2.24, 2.45) is 11.8 Å². The van der Waals surface area contributed by atoms with Crippen LogP contribution in [0.1, 0.15) is 69.8 Å². The predicted octanol–water partition coefficient (Wildman–Crippen LogP) is 5.03. The molecule has 2 fully saturated rings. The Hall–Kier alpha value is -0.820. The van der Waals surface area contributed by atoms with Gasteiger partial charge in [-0.05, 0) is 30.2 Å². The first kappa shape index (κ1) is 14.1. The topological polar surface area (TPSA) is 20.2 Å². The minimum atomic E-state index is -0.550. The highest BCUT2D eigenvalue weighted by Crippen LogP contribution is 2.55. The average Bonchev–Trinajstić information content (AvgIpc) is 3.25. The molecule has 20 heavy (non-hydrogen) atoms. The summed E-state index contributed by atoms with van der Waals surface area (Å²) in [6, 6.07) is 10.4. The second-order valence-corrected chi connectivity index (χ2v) is 6.91. The maximum absolute atomic E-state index is 11.3. The van der Waals surface area contributed by atoms with E-state index in [-0.39, 0.29) is 0 Å². The van der Waals surface area contributed by atoms with Crippen molar-refractivity contribution in [2.75, 3.05) is 0 Å². The zero-order valence-electron chi connectivity index (χ0n) is 12.6. The van der Waals surface area contributed by atoms with Crippen LogP contribution >= 0.6 is 0 Å². The van der Waals surface area contributed by atoms with Crippen molar-refractivity contribution in [3.8, 4) is 0 Å². The van der Waals surface area contributed by atoms with Crippen LogP contribution in [0.25, 0.3) is 0 Å². The maximum Gasteiger partial charge on any atom is 0.0927 e. The Morgan fingerprint density at radius 2 is 1.50 bits per heavy atom. The number of hydrogen-bond acceptors (Lipinski definition) is 1. The minimum Gasteiger partial charge on any atom is -0.385 e. The molecule has 1 heteroatoms. The third-order valence-corrected chi connectivity index (χ3v) is 5.44. The van der Waals surface area contributed by atoms with E-state index in [0.29, 0.717) is 5.92 Å². The molecule has 0 aromatic heterocycles. The summed E-state index contributed by atoms with van der Waals surface area (Å²) >= 11 is 0. The fraction of sp³-hybridized carbons (Fsp3) is 0.684. The van der Waals surface area contributed by atoms with Crippen molar-refractivity contribution in [3.63, 3.8) is 0 Å². The fourth-order valence-electron chi connectivity index (χ4n) is 4.11. The van der Waals surface area contributed by atoms with E-state index >= 15 is 0 Å². The van der Waals surface area contributed by atoms with Crippen LogP contribution in [-0.2, 0) is 5.60 Å². The van der Waals surface area contributed by atoms with Crippen LogP contribution in [0.3, 0.4) is 0 Å². The summed E-state index contributed by atoms with van der Waals surface area (Å²) in [7, 11) is 0. The highest BCUT2D eigenvalue weighted by Gasteiger charge is 2.51. The van der Waals surface area contributed by atoms with E-state index in [1.54, 1.807) is 0 Å². The molecule has 0 bridgehead atoms. The van der Waals surface area contributed by atoms with Crippen LogP contribution in [0.4, 0.5) is 0 Å². The van der Waals surface area contributed by atoms with E-state index in [1.165, 1.54) is 57.8 Å². The molecule has 0 heterocycles. The van der Waals surface area contributed by atoms with Crippen molar-refractivity contribution >= 4 is 0 Å². The van der Waals surface area contributed by atoms with Gasteiger partial charge in [0, 0.05) is 0 Å². The molecule has 110 valence electrons. The lowest BCUT2D eigenvalue weighted by Crippen LogP contribution is -2.29. The molecule has 0 saturated heterocycles. The van der Waals surface area contributed by atoms with Crippen LogP contribution < -0.4 is 0 Å². The number of benzene rings is 1. The van der Waals surface area contributed by atoms with Gasteiger partial charge in [-0.3, -0.25) is 0 Å². The second-order valence-electron chi connectivity index (χ2n) is 6.91. The van der Waals surface area contributed by atoms with Crippen LogP contribution in [0.5, 0.6) is 0 Å². The third kappa shape index (κ3) is 3.09. The molecule has 2 aliphatic carbocycles.